The smallest absolute Gasteiger partial charge is 0.0533 e. The fourth-order valence-electron chi connectivity index (χ4n) is 5.05. The quantitative estimate of drug-likeness (QED) is 0.184. The van der Waals surface area contributed by atoms with E-state index in [1.165, 1.54) is 64.8 Å². The van der Waals surface area contributed by atoms with Gasteiger partial charge in [-0.25, -0.2) is 6.07 Å². The molecule has 0 bridgehead atoms. The number of hydrogen-bond acceptors (Lipinski definition) is 0. The van der Waals surface area contributed by atoms with E-state index in [1.807, 2.05) is 0 Å². The van der Waals surface area contributed by atoms with Crippen molar-refractivity contribution in [3.8, 4) is 0 Å². The Balaban J connectivity index is 0.000000358. The first-order chi connectivity index (χ1) is 16.9. The summed E-state index contributed by atoms with van der Waals surface area (Å²) in [5.74, 6) is 0.888. The van der Waals surface area contributed by atoms with Gasteiger partial charge in [0.1, 0.15) is 0 Å². The van der Waals surface area contributed by atoms with E-state index in [0.29, 0.717) is 0 Å². The fraction of sp³-hybridized carbons (Fsp3) is 0.400. The van der Waals surface area contributed by atoms with Gasteiger partial charge in [0.05, 0.1) is 0 Å². The van der Waals surface area contributed by atoms with Crippen LogP contribution < -0.4 is 0 Å². The van der Waals surface area contributed by atoms with Gasteiger partial charge < -0.3 is 14.9 Å². The van der Waals surface area contributed by atoms with Crippen molar-refractivity contribution in [2.75, 3.05) is 0 Å². The zero-order valence-corrected chi connectivity index (χ0v) is 28.9. The molecule has 0 aliphatic heterocycles. The minimum absolute atomic E-state index is 0. The zero-order valence-electron chi connectivity index (χ0n) is 24.9. The molecule has 1 saturated carbocycles. The Kier molecular flexibility index (Phi) is 13.9. The van der Waals surface area contributed by atoms with E-state index in [-0.39, 0.29) is 25.7 Å². The Labute approximate surface area is 248 Å². The summed E-state index contributed by atoms with van der Waals surface area (Å²) in [6, 6.07) is 25.0. The first-order valence-electron chi connectivity index (χ1n) is 13.2. The second-order valence-electron chi connectivity index (χ2n) is 12.1. The second-order valence-corrected chi connectivity index (χ2v) is 20.3. The van der Waals surface area contributed by atoms with E-state index in [1.54, 1.807) is 5.56 Å². The van der Waals surface area contributed by atoms with E-state index in [9.17, 15) is 0 Å². The van der Waals surface area contributed by atoms with Crippen molar-refractivity contribution in [1.29, 1.82) is 0 Å². The van der Waals surface area contributed by atoms with Crippen LogP contribution in [0.4, 0.5) is 0 Å². The molecule has 1 aliphatic carbocycles. The second kappa shape index (κ2) is 15.1. The summed E-state index contributed by atoms with van der Waals surface area (Å²) >= 11 is -1.85. The third-order valence-electron chi connectivity index (χ3n) is 7.20. The van der Waals surface area contributed by atoms with Crippen LogP contribution >= 0.6 is 17.0 Å². The summed E-state index contributed by atoms with van der Waals surface area (Å²) in [4.78, 5) is 0. The molecule has 4 aromatic rings. The zero-order chi connectivity index (χ0) is 26.5. The Morgan fingerprint density at radius 1 is 0.763 bits per heavy atom. The molecule has 38 heavy (non-hydrogen) atoms. The molecule has 0 heterocycles. The van der Waals surface area contributed by atoms with Gasteiger partial charge in [-0.05, 0) is 10.8 Å². The molecule has 0 radical (unpaired) electrons. The molecule has 1 aliphatic rings. The summed E-state index contributed by atoms with van der Waals surface area (Å²) in [5, 5.41) is 5.48. The van der Waals surface area contributed by atoms with Crippen molar-refractivity contribution in [2.24, 2.45) is 0 Å². The first-order valence-corrected chi connectivity index (χ1v) is 21.3. The van der Waals surface area contributed by atoms with Gasteiger partial charge in [0.25, 0.3) is 0 Å². The predicted octanol–water partition coefficient (Wildman–Crippen LogP) is 12.0. The van der Waals surface area contributed by atoms with Gasteiger partial charge in [-0.15, -0.1) is 39.7 Å². The van der Waals surface area contributed by atoms with Crippen LogP contribution in [0.2, 0.25) is 0 Å². The van der Waals surface area contributed by atoms with Crippen molar-refractivity contribution < 1.29 is 18.9 Å². The van der Waals surface area contributed by atoms with Gasteiger partial charge in [0.2, 0.25) is 0 Å². The molecule has 0 unspecified atom stereocenters. The van der Waals surface area contributed by atoms with Crippen LogP contribution in [0.1, 0.15) is 96.3 Å². The third kappa shape index (κ3) is 9.87. The molecule has 210 valence electrons. The molecule has 0 nitrogen and oxygen atoms in total. The molecule has 4 aromatic carbocycles. The molecule has 0 aromatic heterocycles. The summed E-state index contributed by atoms with van der Waals surface area (Å²) in [7, 11) is 10.3. The largest absolute Gasteiger partial charge is 0.358 e. The molecule has 0 amide bonds. The summed E-state index contributed by atoms with van der Waals surface area (Å²) in [5.41, 5.74) is 4.79. The summed E-state index contributed by atoms with van der Waals surface area (Å²) < 4.78 is 3.37. The molecule has 0 N–H and O–H groups in total. The Morgan fingerprint density at radius 3 is 1.58 bits per heavy atom. The van der Waals surface area contributed by atoms with E-state index < -0.39 is 18.9 Å². The average Bonchev–Trinajstić information content (AvgIpc) is 3.46. The van der Waals surface area contributed by atoms with Gasteiger partial charge in [0.15, 0.2) is 0 Å². The number of rotatable bonds is 1. The molecule has 3 heteroatoms. The van der Waals surface area contributed by atoms with Crippen molar-refractivity contribution in [3.05, 3.63) is 98.3 Å². The van der Waals surface area contributed by atoms with Crippen LogP contribution in [0, 0.1) is 14.9 Å². The van der Waals surface area contributed by atoms with Crippen molar-refractivity contribution in [2.45, 2.75) is 90.4 Å². The van der Waals surface area contributed by atoms with Crippen molar-refractivity contribution in [1.82, 2.24) is 0 Å². The van der Waals surface area contributed by atoms with Gasteiger partial charge >= 0.3 is 40.1 Å². The number of halogens is 2. The Bertz CT molecular complexity index is 1180. The maximum absolute atomic E-state index is 5.13. The predicted molar refractivity (Wildman–Crippen MR) is 174 cm³/mol. The maximum Gasteiger partial charge on any atom is -0.0533 e. The maximum atomic E-state index is 5.13. The SMILES string of the molecule is CC(C)(C)c1ccc2c(c1)[cH-]c1cc(C(C)(C)C)ccc12.[CH2]=[Zr]([Cl])[Cl].[CH3-].[CH3-].c1cc(C2CCCCC2)c[cH-]1. The topological polar surface area (TPSA) is 0 Å². The Morgan fingerprint density at radius 2 is 1.21 bits per heavy atom. The molecule has 1 fully saturated rings. The summed E-state index contributed by atoms with van der Waals surface area (Å²) in [6.07, 6.45) is 7.18. The molecular formula is C35H48Cl2Zr-4. The molecule has 0 saturated heterocycles. The third-order valence-corrected chi connectivity index (χ3v) is 7.20. The first kappa shape index (κ1) is 35.0. The van der Waals surface area contributed by atoms with E-state index in [0.717, 1.165) is 5.92 Å². The minimum atomic E-state index is -1.85. The van der Waals surface area contributed by atoms with E-state index in [2.05, 4.69) is 112 Å². The number of benzene rings is 2. The van der Waals surface area contributed by atoms with Gasteiger partial charge in [0, 0.05) is 0 Å². The molecule has 0 spiro atoms. The number of fused-ring (bicyclic) bond motifs is 3. The van der Waals surface area contributed by atoms with Crippen LogP contribution in [-0.4, -0.2) is 4.21 Å². The molecule has 5 rings (SSSR count). The normalized spacial score (nSPS) is 13.9. The minimum Gasteiger partial charge on any atom is -0.358 e. The van der Waals surface area contributed by atoms with Crippen molar-refractivity contribution in [3.63, 3.8) is 0 Å². The average molecular weight is 631 g/mol. The van der Waals surface area contributed by atoms with Crippen LogP contribution in [0.5, 0.6) is 0 Å². The van der Waals surface area contributed by atoms with Gasteiger partial charge in [-0.2, -0.15) is 23.8 Å². The van der Waals surface area contributed by atoms with Crippen LogP contribution in [0.3, 0.4) is 0 Å². The van der Waals surface area contributed by atoms with Crippen LogP contribution in [-0.2, 0) is 29.7 Å². The molecular weight excluding hydrogens is 583 g/mol. The van der Waals surface area contributed by atoms with Crippen LogP contribution in [0.25, 0.3) is 21.5 Å². The summed E-state index contributed by atoms with van der Waals surface area (Å²) in [6.45, 7) is 13.6. The van der Waals surface area contributed by atoms with Gasteiger partial charge in [-0.3, -0.25) is 0 Å². The van der Waals surface area contributed by atoms with Crippen LogP contribution in [0.15, 0.2) is 66.7 Å². The molecule has 0 atom stereocenters. The fourth-order valence-corrected chi connectivity index (χ4v) is 5.05. The number of hydrogen-bond donors (Lipinski definition) is 0. The monoisotopic (exact) mass is 628 g/mol. The van der Waals surface area contributed by atoms with Crippen molar-refractivity contribution >= 4 is 42.8 Å². The van der Waals surface area contributed by atoms with E-state index >= 15 is 0 Å². The standard InChI is InChI=1S/C21H25.C11H15.2CH3.CH2.2ClH.Zr/c1-20(2,3)16-7-9-18-14(12-16)11-15-13-17(21(4,5)6)8-10-19(15)18;1-2-6-10(7-3-1)11-8-4-5-9-11;;;;;;/h7-13H,1-6H3;4-5,8-10H,1-3,6-7H2;2*1H3;1H2;2*1H;/q4*-1;;;;+2/p-2. The van der Waals surface area contributed by atoms with Gasteiger partial charge in [-0.1, -0.05) is 115 Å². The van der Waals surface area contributed by atoms with E-state index in [4.69, 9.17) is 17.0 Å². The Hall–Kier alpha value is -1.01.